The number of benzene rings is 8. The zero-order valence-corrected chi connectivity index (χ0v) is 23.9. The van der Waals surface area contributed by atoms with E-state index < -0.39 is 29.4 Å². The first-order valence-electron chi connectivity index (χ1n) is 14.9. The molecule has 0 aliphatic rings. The van der Waals surface area contributed by atoms with Gasteiger partial charge in [-0.3, -0.25) is 0 Å². The summed E-state index contributed by atoms with van der Waals surface area (Å²) in [5, 5.41) is 4.47. The van der Waals surface area contributed by atoms with E-state index in [1.807, 2.05) is 48.5 Å². The Morgan fingerprint density at radius 3 is 0.733 bits per heavy atom. The monoisotopic (exact) mass is 591 g/mol. The van der Waals surface area contributed by atoms with Crippen LogP contribution in [0.15, 0.2) is 146 Å². The van der Waals surface area contributed by atoms with Gasteiger partial charge in [0.05, 0.1) is 23.3 Å². The molecule has 0 aromatic heterocycles. The van der Waals surface area contributed by atoms with Crippen LogP contribution in [0.5, 0.6) is 0 Å². The first-order valence-corrected chi connectivity index (χ1v) is 14.9. The second-order valence-corrected chi connectivity index (χ2v) is 11.6. The second kappa shape index (κ2) is 10.3. The summed E-state index contributed by atoms with van der Waals surface area (Å²) in [5.41, 5.74) is 0.144. The molecule has 8 aromatic rings. The van der Waals surface area contributed by atoms with Crippen molar-refractivity contribution in [3.05, 3.63) is 169 Å². The number of halogens is 4. The van der Waals surface area contributed by atoms with Crippen molar-refractivity contribution in [2.75, 3.05) is 0 Å². The third kappa shape index (κ3) is 3.93. The molecule has 0 bridgehead atoms. The van der Waals surface area contributed by atoms with Crippen molar-refractivity contribution in [1.29, 1.82) is 0 Å². The third-order valence-corrected chi connectivity index (χ3v) is 9.40. The van der Waals surface area contributed by atoms with Crippen LogP contribution in [-0.2, 0) is 0 Å². The van der Waals surface area contributed by atoms with Gasteiger partial charge < -0.3 is 0 Å². The summed E-state index contributed by atoms with van der Waals surface area (Å²) in [7, 11) is 0. The average Bonchev–Trinajstić information content (AvgIpc) is 3.07. The topological polar surface area (TPSA) is 0 Å². The van der Waals surface area contributed by atoms with Gasteiger partial charge in [-0.2, -0.15) is 21.9 Å². The lowest BCUT2D eigenvalue weighted by Gasteiger charge is -2.47. The Hall–Kier alpha value is -5.42. The molecule has 0 saturated carbocycles. The van der Waals surface area contributed by atoms with Crippen LogP contribution >= 0.6 is 0 Å². The molecule has 0 spiro atoms. The van der Waals surface area contributed by atoms with E-state index in [-0.39, 0.29) is 21.9 Å². The first-order chi connectivity index (χ1) is 22.0. The second-order valence-electron chi connectivity index (χ2n) is 11.6. The van der Waals surface area contributed by atoms with Gasteiger partial charge >= 0.3 is 0 Å². The molecule has 8 aromatic carbocycles. The van der Waals surface area contributed by atoms with Crippen LogP contribution < -0.4 is 21.9 Å². The molecule has 0 saturated heterocycles. The lowest BCUT2D eigenvalue weighted by atomic mass is 9.11. The van der Waals surface area contributed by atoms with E-state index in [4.69, 9.17) is 0 Å². The molecule has 216 valence electrons. The highest BCUT2D eigenvalue weighted by atomic mass is 19.1. The fourth-order valence-electron chi connectivity index (χ4n) is 7.70. The standard InChI is InChI=1S/C40H24BF4/c42-33-21-17-25-9-1-5-13-29(25)37(33)41(38-30-14-6-2-10-26(30)18-22-34(38)43,39-31-15-7-3-11-27(31)19-23-35(39)44)40-32-16-8-4-12-28(32)20-24-36(40)45/h1-24H/q-1. The highest BCUT2D eigenvalue weighted by Gasteiger charge is 2.43. The van der Waals surface area contributed by atoms with Gasteiger partial charge in [0.25, 0.3) is 0 Å². The summed E-state index contributed by atoms with van der Waals surface area (Å²) in [5.74, 6) is -2.72. The minimum atomic E-state index is -3.27. The van der Waals surface area contributed by atoms with E-state index in [0.717, 1.165) is 0 Å². The predicted octanol–water partition coefficient (Wildman–Crippen LogP) is 8.23. The molecular weight excluding hydrogens is 567 g/mol. The zero-order valence-electron chi connectivity index (χ0n) is 23.9. The lowest BCUT2D eigenvalue weighted by molar-refractivity contribution is 0.629. The van der Waals surface area contributed by atoms with Crippen LogP contribution in [0.1, 0.15) is 0 Å². The predicted molar refractivity (Wildman–Crippen MR) is 180 cm³/mol. The van der Waals surface area contributed by atoms with Crippen LogP contribution in [0.2, 0.25) is 0 Å². The molecule has 45 heavy (non-hydrogen) atoms. The number of hydrogen-bond donors (Lipinski definition) is 0. The van der Waals surface area contributed by atoms with Gasteiger partial charge in [-0.1, -0.05) is 121 Å². The largest absolute Gasteiger partial charge is 0.210 e. The van der Waals surface area contributed by atoms with Crippen LogP contribution in [0, 0.1) is 23.3 Å². The number of rotatable bonds is 4. The molecule has 0 radical (unpaired) electrons. The Labute approximate surface area is 257 Å². The van der Waals surface area contributed by atoms with Gasteiger partial charge in [0.2, 0.25) is 0 Å². The van der Waals surface area contributed by atoms with Crippen LogP contribution in [0.3, 0.4) is 0 Å². The molecule has 8 rings (SSSR count). The SMILES string of the molecule is Fc1ccc2ccccc2c1[B-](c1c(F)ccc2ccccc12)(c1c(F)ccc2ccccc12)c1c(F)ccc2ccccc12. The normalized spacial score (nSPS) is 12.0. The molecule has 0 unspecified atom stereocenters. The van der Waals surface area contributed by atoms with Crippen LogP contribution in [-0.4, -0.2) is 6.15 Å². The van der Waals surface area contributed by atoms with Gasteiger partial charge in [0, 0.05) is 0 Å². The summed E-state index contributed by atoms with van der Waals surface area (Å²) in [6.07, 6.45) is -3.27. The van der Waals surface area contributed by atoms with E-state index in [1.165, 1.54) is 24.3 Å². The fraction of sp³-hybridized carbons (Fsp3) is 0. The molecular formula is C40H24BF4-. The molecule has 0 fully saturated rings. The maximum Gasteiger partial charge on any atom is 0.125 e. The molecule has 0 nitrogen and oxygen atoms in total. The summed E-state index contributed by atoms with van der Waals surface area (Å²) in [6.45, 7) is 0. The van der Waals surface area contributed by atoms with Crippen molar-refractivity contribution < 1.29 is 17.6 Å². The van der Waals surface area contributed by atoms with Gasteiger partial charge in [-0.05, 0) is 67.4 Å². The van der Waals surface area contributed by atoms with E-state index in [2.05, 4.69) is 0 Å². The highest BCUT2D eigenvalue weighted by molar-refractivity contribution is 7.23. The summed E-state index contributed by atoms with van der Waals surface area (Å²) in [4.78, 5) is 0. The van der Waals surface area contributed by atoms with Gasteiger partial charge in [0.1, 0.15) is 6.15 Å². The minimum Gasteiger partial charge on any atom is -0.210 e. The smallest absolute Gasteiger partial charge is 0.125 e. The van der Waals surface area contributed by atoms with Crippen molar-refractivity contribution in [2.24, 2.45) is 0 Å². The Kier molecular flexibility index (Phi) is 6.24. The van der Waals surface area contributed by atoms with E-state index in [0.29, 0.717) is 43.1 Å². The summed E-state index contributed by atoms with van der Waals surface area (Å²) >= 11 is 0. The van der Waals surface area contributed by atoms with Crippen LogP contribution in [0.4, 0.5) is 17.6 Å². The lowest BCUT2D eigenvalue weighted by Crippen LogP contribution is -2.78. The summed E-state index contributed by atoms with van der Waals surface area (Å²) < 4.78 is 68.5. The fourth-order valence-corrected chi connectivity index (χ4v) is 7.70. The maximum absolute atomic E-state index is 17.1. The molecule has 5 heteroatoms. The maximum atomic E-state index is 17.1. The zero-order chi connectivity index (χ0) is 30.7. The summed E-state index contributed by atoms with van der Waals surface area (Å²) in [6, 6.07) is 40.6. The number of fused-ring (bicyclic) bond motifs is 4. The van der Waals surface area contributed by atoms with Crippen molar-refractivity contribution >= 4 is 71.1 Å². The highest BCUT2D eigenvalue weighted by Crippen LogP contribution is 2.30. The first kappa shape index (κ1) is 27.2. The molecule has 0 aliphatic heterocycles. The Bertz CT molecular complexity index is 2100. The minimum absolute atomic E-state index is 0.0360. The third-order valence-electron chi connectivity index (χ3n) is 9.40. The quantitative estimate of drug-likeness (QED) is 0.143. The Morgan fingerprint density at radius 1 is 0.267 bits per heavy atom. The van der Waals surface area contributed by atoms with Gasteiger partial charge in [-0.15, -0.1) is 0 Å². The van der Waals surface area contributed by atoms with Gasteiger partial charge in [-0.25, -0.2) is 17.6 Å². The Balaban J connectivity index is 1.79. The van der Waals surface area contributed by atoms with Gasteiger partial charge in [0.15, 0.2) is 0 Å². The van der Waals surface area contributed by atoms with Crippen molar-refractivity contribution in [2.45, 2.75) is 0 Å². The number of hydrogen-bond acceptors (Lipinski definition) is 0. The van der Waals surface area contributed by atoms with E-state index in [9.17, 15) is 0 Å². The molecule has 0 amide bonds. The van der Waals surface area contributed by atoms with E-state index in [1.54, 1.807) is 72.8 Å². The molecule has 0 N–H and O–H groups in total. The average molecular weight is 591 g/mol. The Morgan fingerprint density at radius 2 is 0.489 bits per heavy atom. The van der Waals surface area contributed by atoms with Crippen molar-refractivity contribution in [3.8, 4) is 0 Å². The van der Waals surface area contributed by atoms with E-state index >= 15 is 17.6 Å². The van der Waals surface area contributed by atoms with Crippen molar-refractivity contribution in [1.82, 2.24) is 0 Å². The molecule has 0 atom stereocenters. The molecule has 0 aliphatic carbocycles. The van der Waals surface area contributed by atoms with Crippen molar-refractivity contribution in [3.63, 3.8) is 0 Å². The molecule has 0 heterocycles. The van der Waals surface area contributed by atoms with Crippen LogP contribution in [0.25, 0.3) is 43.1 Å².